The summed E-state index contributed by atoms with van der Waals surface area (Å²) in [4.78, 5) is 14.9. The van der Waals surface area contributed by atoms with Crippen molar-refractivity contribution in [1.29, 1.82) is 0 Å². The molecule has 0 unspecified atom stereocenters. The Bertz CT molecular complexity index is 794. The minimum absolute atomic E-state index is 0.0270. The average molecular weight is 330 g/mol. The summed E-state index contributed by atoms with van der Waals surface area (Å²) < 4.78 is 28.2. The van der Waals surface area contributed by atoms with Crippen molar-refractivity contribution in [3.05, 3.63) is 40.8 Å². The van der Waals surface area contributed by atoms with Crippen molar-refractivity contribution in [2.24, 2.45) is 7.05 Å². The Hall–Kier alpha value is -2.06. The molecule has 0 aliphatic carbocycles. The number of nitrogens with one attached hydrogen (secondary N) is 1. The van der Waals surface area contributed by atoms with E-state index in [-0.39, 0.29) is 21.3 Å². The van der Waals surface area contributed by atoms with Gasteiger partial charge in [-0.15, -0.1) is 0 Å². The Kier molecular flexibility index (Phi) is 3.93. The third-order valence-corrected chi connectivity index (χ3v) is 4.39. The quantitative estimate of drug-likeness (QED) is 0.891. The number of hydrogen-bond donors (Lipinski definition) is 2. The first-order valence-corrected chi connectivity index (χ1v) is 7.62. The number of aromatic nitrogens is 2. The summed E-state index contributed by atoms with van der Waals surface area (Å²) in [5, 5.41) is 8.85. The van der Waals surface area contributed by atoms with Gasteiger partial charge in [0, 0.05) is 18.9 Å². The lowest BCUT2D eigenvalue weighted by molar-refractivity contribution is 0.0697. The number of carbonyl (C=O) groups is 1. The predicted molar refractivity (Wildman–Crippen MR) is 77.2 cm³/mol. The Labute approximate surface area is 126 Å². The van der Waals surface area contributed by atoms with E-state index in [2.05, 4.69) is 9.71 Å². The first kappa shape index (κ1) is 15.3. The number of nitrogens with zero attached hydrogens (tertiary/aromatic N) is 2. The van der Waals surface area contributed by atoms with Gasteiger partial charge in [0.2, 0.25) is 0 Å². The zero-order valence-corrected chi connectivity index (χ0v) is 12.7. The summed E-state index contributed by atoms with van der Waals surface area (Å²) >= 11 is 5.73. The van der Waals surface area contributed by atoms with Crippen molar-refractivity contribution >= 4 is 33.3 Å². The highest BCUT2D eigenvalue weighted by Crippen LogP contribution is 2.22. The van der Waals surface area contributed by atoms with Gasteiger partial charge in [0.05, 0.1) is 10.6 Å². The van der Waals surface area contributed by atoms with Gasteiger partial charge in [-0.3, -0.25) is 4.72 Å². The lowest BCUT2D eigenvalue weighted by Gasteiger charge is -2.07. The molecule has 1 heterocycles. The number of sulfonamides is 1. The first-order valence-electron chi connectivity index (χ1n) is 5.76. The van der Waals surface area contributed by atoms with Gasteiger partial charge >= 0.3 is 5.97 Å². The highest BCUT2D eigenvalue weighted by atomic mass is 35.5. The monoisotopic (exact) mass is 329 g/mol. The van der Waals surface area contributed by atoms with E-state index in [0.717, 1.165) is 6.07 Å². The molecule has 0 fully saturated rings. The summed E-state index contributed by atoms with van der Waals surface area (Å²) in [7, 11) is -2.22. The van der Waals surface area contributed by atoms with E-state index in [0.29, 0.717) is 5.82 Å². The van der Waals surface area contributed by atoms with Crippen molar-refractivity contribution in [3.63, 3.8) is 0 Å². The minimum Gasteiger partial charge on any atom is -0.478 e. The van der Waals surface area contributed by atoms with Gasteiger partial charge in [-0.25, -0.2) is 9.78 Å². The number of rotatable bonds is 4. The van der Waals surface area contributed by atoms with Crippen LogP contribution in [-0.2, 0) is 17.1 Å². The Morgan fingerprint density at radius 3 is 2.62 bits per heavy atom. The average Bonchev–Trinajstić information content (AvgIpc) is 2.72. The van der Waals surface area contributed by atoms with Crippen LogP contribution in [0, 0.1) is 6.92 Å². The molecule has 2 rings (SSSR count). The van der Waals surface area contributed by atoms with Crippen LogP contribution < -0.4 is 4.72 Å². The SMILES string of the molecule is Cc1nc(S(=O)(=O)Nc2ccc(Cl)c(C(=O)O)c2)cn1C. The van der Waals surface area contributed by atoms with Crippen molar-refractivity contribution in [2.75, 3.05) is 4.72 Å². The van der Waals surface area contributed by atoms with E-state index >= 15 is 0 Å². The number of aryl methyl sites for hydroxylation is 2. The van der Waals surface area contributed by atoms with Gasteiger partial charge in [0.25, 0.3) is 10.0 Å². The molecular weight excluding hydrogens is 318 g/mol. The van der Waals surface area contributed by atoms with Crippen LogP contribution in [0.1, 0.15) is 16.2 Å². The van der Waals surface area contributed by atoms with Crippen molar-refractivity contribution in [2.45, 2.75) is 11.9 Å². The maximum absolute atomic E-state index is 12.2. The second-order valence-corrected chi connectivity index (χ2v) is 6.38. The van der Waals surface area contributed by atoms with Crippen LogP contribution in [0.5, 0.6) is 0 Å². The second-order valence-electron chi connectivity index (χ2n) is 4.34. The standard InChI is InChI=1S/C12H12ClN3O4S/c1-7-14-11(6-16(7)2)21(19,20)15-8-3-4-10(13)9(5-8)12(17)18/h3-6,15H,1-2H3,(H,17,18). The van der Waals surface area contributed by atoms with E-state index in [4.69, 9.17) is 16.7 Å². The summed E-state index contributed by atoms with van der Waals surface area (Å²) in [5.41, 5.74) is -0.0887. The number of imidazole rings is 1. The second kappa shape index (κ2) is 5.38. The van der Waals surface area contributed by atoms with Gasteiger partial charge < -0.3 is 9.67 Å². The van der Waals surface area contributed by atoms with Gasteiger partial charge in [0.15, 0.2) is 5.03 Å². The van der Waals surface area contributed by atoms with E-state index in [1.807, 2.05) is 0 Å². The lowest BCUT2D eigenvalue weighted by Crippen LogP contribution is -2.14. The van der Waals surface area contributed by atoms with Crippen LogP contribution in [0.2, 0.25) is 5.02 Å². The fourth-order valence-electron chi connectivity index (χ4n) is 1.62. The van der Waals surface area contributed by atoms with E-state index < -0.39 is 16.0 Å². The topological polar surface area (TPSA) is 101 Å². The van der Waals surface area contributed by atoms with Gasteiger partial charge in [-0.2, -0.15) is 8.42 Å². The van der Waals surface area contributed by atoms with Gasteiger partial charge in [-0.05, 0) is 25.1 Å². The maximum Gasteiger partial charge on any atom is 0.337 e. The Morgan fingerprint density at radius 1 is 1.43 bits per heavy atom. The molecule has 0 spiro atoms. The largest absolute Gasteiger partial charge is 0.478 e. The molecule has 0 bridgehead atoms. The number of anilines is 1. The van der Waals surface area contributed by atoms with E-state index in [1.54, 1.807) is 18.5 Å². The highest BCUT2D eigenvalue weighted by molar-refractivity contribution is 7.92. The molecule has 1 aromatic carbocycles. The van der Waals surface area contributed by atoms with Crippen LogP contribution in [0.15, 0.2) is 29.4 Å². The fourth-order valence-corrected chi connectivity index (χ4v) is 2.91. The molecule has 0 aliphatic rings. The summed E-state index contributed by atoms with van der Waals surface area (Å²) in [6.45, 7) is 1.67. The van der Waals surface area contributed by atoms with E-state index in [9.17, 15) is 13.2 Å². The zero-order valence-electron chi connectivity index (χ0n) is 11.2. The summed E-state index contributed by atoms with van der Waals surface area (Å²) in [5.74, 6) is -0.701. The van der Waals surface area contributed by atoms with Gasteiger partial charge in [0.1, 0.15) is 5.82 Å². The predicted octanol–water partition coefficient (Wildman–Crippen LogP) is 1.88. The molecule has 1 aromatic heterocycles. The Balaban J connectivity index is 2.37. The molecule has 2 aromatic rings. The fraction of sp³-hybridized carbons (Fsp3) is 0.167. The highest BCUT2D eigenvalue weighted by Gasteiger charge is 2.19. The number of carboxylic acids is 1. The molecule has 7 nitrogen and oxygen atoms in total. The molecule has 0 saturated carbocycles. The van der Waals surface area contributed by atoms with E-state index in [1.165, 1.54) is 18.3 Å². The van der Waals surface area contributed by atoms with Crippen molar-refractivity contribution in [1.82, 2.24) is 9.55 Å². The summed E-state index contributed by atoms with van der Waals surface area (Å²) in [6.07, 6.45) is 1.37. The molecular formula is C12H12ClN3O4S. The zero-order chi connectivity index (χ0) is 15.8. The van der Waals surface area contributed by atoms with Gasteiger partial charge in [-0.1, -0.05) is 11.6 Å². The molecule has 0 atom stereocenters. The smallest absolute Gasteiger partial charge is 0.337 e. The number of hydrogen-bond acceptors (Lipinski definition) is 4. The molecule has 0 aliphatic heterocycles. The lowest BCUT2D eigenvalue weighted by atomic mass is 10.2. The van der Waals surface area contributed by atoms with Crippen LogP contribution in [-0.4, -0.2) is 29.0 Å². The maximum atomic E-state index is 12.2. The third-order valence-electron chi connectivity index (χ3n) is 2.81. The van der Waals surface area contributed by atoms with Crippen LogP contribution in [0.4, 0.5) is 5.69 Å². The van der Waals surface area contributed by atoms with Crippen LogP contribution >= 0.6 is 11.6 Å². The van der Waals surface area contributed by atoms with Crippen LogP contribution in [0.25, 0.3) is 0 Å². The number of carboxylic acid groups (broad SMARTS) is 1. The number of aromatic carboxylic acids is 1. The first-order chi connectivity index (χ1) is 9.70. The number of halogens is 1. The molecule has 2 N–H and O–H groups in total. The normalized spacial score (nSPS) is 11.4. The minimum atomic E-state index is -3.89. The molecule has 21 heavy (non-hydrogen) atoms. The molecule has 9 heteroatoms. The summed E-state index contributed by atoms with van der Waals surface area (Å²) in [6, 6.07) is 3.84. The third kappa shape index (κ3) is 3.17. The molecule has 0 saturated heterocycles. The van der Waals surface area contributed by atoms with Crippen molar-refractivity contribution in [3.8, 4) is 0 Å². The van der Waals surface area contributed by atoms with Crippen molar-refractivity contribution < 1.29 is 18.3 Å². The number of benzene rings is 1. The van der Waals surface area contributed by atoms with Crippen LogP contribution in [0.3, 0.4) is 0 Å². The molecule has 0 amide bonds. The Morgan fingerprint density at radius 2 is 2.10 bits per heavy atom. The molecule has 0 radical (unpaired) electrons. The molecule has 112 valence electrons.